The first-order valence-corrected chi connectivity index (χ1v) is 7.06. The number of imidazole rings is 1. The normalized spacial score (nSPS) is 13.6. The Morgan fingerprint density at radius 3 is 3.00 bits per heavy atom. The third-order valence-corrected chi connectivity index (χ3v) is 3.44. The minimum atomic E-state index is 0.105. The second-order valence-corrected chi connectivity index (χ2v) is 5.30. The average molecular weight is 310 g/mol. The topological polar surface area (TPSA) is 77.5 Å². The summed E-state index contributed by atoms with van der Waals surface area (Å²) in [5, 5.41) is 3.73. The molecule has 0 radical (unpaired) electrons. The molecule has 2 rings (SSSR count). The highest BCUT2D eigenvalue weighted by Crippen LogP contribution is 2.23. The molecule has 3 N–H and O–H groups in total. The molecule has 0 aliphatic carbocycles. The number of hydrogen-bond donors (Lipinski definition) is 2. The molecule has 1 unspecified atom stereocenters. The van der Waals surface area contributed by atoms with Crippen LogP contribution in [0.4, 0.5) is 0 Å². The molecule has 0 fully saturated rings. The summed E-state index contributed by atoms with van der Waals surface area (Å²) >= 11 is 6.19. The maximum absolute atomic E-state index is 6.19. The molecule has 0 saturated heterocycles. The van der Waals surface area contributed by atoms with E-state index in [0.717, 1.165) is 16.9 Å². The fourth-order valence-corrected chi connectivity index (χ4v) is 2.45. The van der Waals surface area contributed by atoms with Gasteiger partial charge in [0.05, 0.1) is 22.7 Å². The zero-order valence-corrected chi connectivity index (χ0v) is 13.2. The van der Waals surface area contributed by atoms with Crippen molar-refractivity contribution < 1.29 is 4.74 Å². The lowest BCUT2D eigenvalue weighted by Crippen LogP contribution is -2.40. The Balaban J connectivity index is 2.13. The predicted octanol–water partition coefficient (Wildman–Crippen LogP) is 1.67. The van der Waals surface area contributed by atoms with Crippen LogP contribution in [0.3, 0.4) is 0 Å². The van der Waals surface area contributed by atoms with E-state index < -0.39 is 0 Å². The number of ether oxygens (including phenoxy) is 1. The summed E-state index contributed by atoms with van der Waals surface area (Å²) in [5.74, 6) is 1.18. The smallest absolute Gasteiger partial charge is 0.189 e. The van der Waals surface area contributed by atoms with Crippen LogP contribution in [-0.4, -0.2) is 35.3 Å². The molecule has 0 saturated carbocycles. The Kier molecular flexibility index (Phi) is 5.03. The number of halogens is 1. The van der Waals surface area contributed by atoms with E-state index in [1.807, 2.05) is 36.7 Å². The lowest BCUT2D eigenvalue weighted by atomic mass is 10.3. The van der Waals surface area contributed by atoms with Crippen molar-refractivity contribution in [2.24, 2.45) is 17.8 Å². The van der Waals surface area contributed by atoms with Gasteiger partial charge in [-0.15, -0.1) is 0 Å². The van der Waals surface area contributed by atoms with Crippen molar-refractivity contribution in [1.82, 2.24) is 14.9 Å². The van der Waals surface area contributed by atoms with Crippen molar-refractivity contribution in [2.45, 2.75) is 19.5 Å². The summed E-state index contributed by atoms with van der Waals surface area (Å²) in [6, 6.07) is 5.76. The molecular formula is C14H20ClN5O. The number of nitrogens with zero attached hydrogens (tertiary/aromatic N) is 3. The van der Waals surface area contributed by atoms with Gasteiger partial charge in [-0.05, 0) is 19.1 Å². The van der Waals surface area contributed by atoms with Crippen LogP contribution in [-0.2, 0) is 18.3 Å². The van der Waals surface area contributed by atoms with Gasteiger partial charge in [0, 0.05) is 20.2 Å². The lowest BCUT2D eigenvalue weighted by molar-refractivity contribution is 0.179. The summed E-state index contributed by atoms with van der Waals surface area (Å²) < 4.78 is 6.97. The standard InChI is InChI=1S/C14H20ClN5O/c1-9(8-21-3)18-14(16)17-7-12-19-11-6-4-5-10(15)13(11)20(12)2/h4-6,9H,7-8H2,1-3H3,(H3,16,17,18). The highest BCUT2D eigenvalue weighted by atomic mass is 35.5. The number of aryl methyl sites for hydroxylation is 1. The minimum Gasteiger partial charge on any atom is -0.383 e. The molecular weight excluding hydrogens is 290 g/mol. The van der Waals surface area contributed by atoms with Crippen LogP contribution in [0.15, 0.2) is 23.2 Å². The van der Waals surface area contributed by atoms with E-state index in [-0.39, 0.29) is 6.04 Å². The van der Waals surface area contributed by atoms with Crippen LogP contribution in [0.5, 0.6) is 0 Å². The third kappa shape index (κ3) is 3.65. The number of fused-ring (bicyclic) bond motifs is 1. The molecule has 1 heterocycles. The number of hydrogen-bond acceptors (Lipinski definition) is 3. The molecule has 1 aromatic heterocycles. The number of guanidine groups is 1. The van der Waals surface area contributed by atoms with E-state index in [0.29, 0.717) is 24.1 Å². The van der Waals surface area contributed by atoms with Gasteiger partial charge in [-0.2, -0.15) is 0 Å². The molecule has 1 aromatic carbocycles. The van der Waals surface area contributed by atoms with Gasteiger partial charge in [-0.1, -0.05) is 17.7 Å². The Morgan fingerprint density at radius 1 is 1.57 bits per heavy atom. The highest BCUT2D eigenvalue weighted by Gasteiger charge is 2.10. The van der Waals surface area contributed by atoms with Gasteiger partial charge < -0.3 is 20.4 Å². The molecule has 2 aromatic rings. The van der Waals surface area contributed by atoms with Crippen LogP contribution in [0.1, 0.15) is 12.7 Å². The summed E-state index contributed by atoms with van der Waals surface area (Å²) in [6.45, 7) is 2.93. The van der Waals surface area contributed by atoms with Crippen molar-refractivity contribution in [2.75, 3.05) is 13.7 Å². The zero-order valence-electron chi connectivity index (χ0n) is 12.4. The van der Waals surface area contributed by atoms with Crippen LogP contribution < -0.4 is 11.1 Å². The van der Waals surface area contributed by atoms with Crippen molar-refractivity contribution in [3.8, 4) is 0 Å². The third-order valence-electron chi connectivity index (χ3n) is 3.14. The number of para-hydroxylation sites is 1. The molecule has 1 atom stereocenters. The van der Waals surface area contributed by atoms with Crippen LogP contribution in [0, 0.1) is 0 Å². The summed E-state index contributed by atoms with van der Waals surface area (Å²) in [7, 11) is 3.57. The van der Waals surface area contributed by atoms with Gasteiger partial charge in [0.15, 0.2) is 5.96 Å². The SMILES string of the molecule is COCC(C)NC(N)=NCc1nc2cccc(Cl)c2n1C. The number of aliphatic imine (C=N–C) groups is 1. The molecule has 0 aliphatic rings. The predicted molar refractivity (Wildman–Crippen MR) is 85.5 cm³/mol. The number of benzene rings is 1. The van der Waals surface area contributed by atoms with Crippen molar-refractivity contribution in [1.29, 1.82) is 0 Å². The van der Waals surface area contributed by atoms with Gasteiger partial charge in [-0.3, -0.25) is 0 Å². The van der Waals surface area contributed by atoms with Gasteiger partial charge in [0.2, 0.25) is 0 Å². The fourth-order valence-electron chi connectivity index (χ4n) is 2.16. The maximum atomic E-state index is 6.19. The first kappa shape index (κ1) is 15.6. The van der Waals surface area contributed by atoms with Crippen LogP contribution >= 0.6 is 11.6 Å². The quantitative estimate of drug-likeness (QED) is 0.650. The lowest BCUT2D eigenvalue weighted by Gasteiger charge is -2.12. The van der Waals surface area contributed by atoms with E-state index in [1.54, 1.807) is 7.11 Å². The number of methoxy groups -OCH3 is 1. The molecule has 7 heteroatoms. The molecule has 0 spiro atoms. The van der Waals surface area contributed by atoms with Gasteiger partial charge >= 0.3 is 0 Å². The zero-order chi connectivity index (χ0) is 15.4. The Morgan fingerprint density at radius 2 is 2.33 bits per heavy atom. The highest BCUT2D eigenvalue weighted by molar-refractivity contribution is 6.35. The minimum absolute atomic E-state index is 0.105. The molecule has 0 bridgehead atoms. The molecule has 114 valence electrons. The second-order valence-electron chi connectivity index (χ2n) is 4.90. The Labute approximate surface area is 129 Å². The summed E-state index contributed by atoms with van der Waals surface area (Å²) in [5.41, 5.74) is 7.61. The number of aromatic nitrogens is 2. The Hall–Kier alpha value is -1.79. The second kappa shape index (κ2) is 6.78. The first-order chi connectivity index (χ1) is 10.0. The van der Waals surface area contributed by atoms with Crippen LogP contribution in [0.2, 0.25) is 5.02 Å². The number of nitrogens with one attached hydrogen (secondary N) is 1. The number of rotatable bonds is 5. The van der Waals surface area contributed by atoms with E-state index in [9.17, 15) is 0 Å². The van der Waals surface area contributed by atoms with E-state index in [1.165, 1.54) is 0 Å². The number of nitrogens with two attached hydrogens (primary N) is 1. The fraction of sp³-hybridized carbons (Fsp3) is 0.429. The molecule has 0 aliphatic heterocycles. The average Bonchev–Trinajstić information content (AvgIpc) is 2.75. The van der Waals surface area contributed by atoms with Gasteiger partial charge in [0.25, 0.3) is 0 Å². The molecule has 6 nitrogen and oxygen atoms in total. The van der Waals surface area contributed by atoms with Crippen molar-refractivity contribution in [3.63, 3.8) is 0 Å². The van der Waals surface area contributed by atoms with E-state index in [4.69, 9.17) is 22.1 Å². The van der Waals surface area contributed by atoms with Gasteiger partial charge in [-0.25, -0.2) is 9.98 Å². The summed E-state index contributed by atoms with van der Waals surface area (Å²) in [6.07, 6.45) is 0. The Bertz CT molecular complexity index is 652. The van der Waals surface area contributed by atoms with E-state index in [2.05, 4.69) is 15.3 Å². The maximum Gasteiger partial charge on any atom is 0.189 e. The first-order valence-electron chi connectivity index (χ1n) is 6.68. The van der Waals surface area contributed by atoms with Crippen LogP contribution in [0.25, 0.3) is 11.0 Å². The van der Waals surface area contributed by atoms with E-state index >= 15 is 0 Å². The summed E-state index contributed by atoms with van der Waals surface area (Å²) in [4.78, 5) is 8.83. The monoisotopic (exact) mass is 309 g/mol. The van der Waals surface area contributed by atoms with Crippen molar-refractivity contribution in [3.05, 3.63) is 29.0 Å². The molecule has 0 amide bonds. The molecule has 21 heavy (non-hydrogen) atoms. The largest absolute Gasteiger partial charge is 0.383 e. The van der Waals surface area contributed by atoms with Gasteiger partial charge in [0.1, 0.15) is 12.4 Å². The van der Waals surface area contributed by atoms with Crippen molar-refractivity contribution >= 4 is 28.6 Å².